The molecule has 0 aromatic heterocycles. The van der Waals surface area contributed by atoms with Crippen LogP contribution in [0.3, 0.4) is 0 Å². The first kappa shape index (κ1) is 14.0. The van der Waals surface area contributed by atoms with E-state index in [-0.39, 0.29) is 18.0 Å². The van der Waals surface area contributed by atoms with Crippen LogP contribution in [0.15, 0.2) is 45.3 Å². The van der Waals surface area contributed by atoms with E-state index in [1.165, 1.54) is 12.1 Å². The van der Waals surface area contributed by atoms with Crippen molar-refractivity contribution in [2.75, 3.05) is 0 Å². The van der Waals surface area contributed by atoms with Crippen LogP contribution in [-0.2, 0) is 0 Å². The first-order chi connectivity index (χ1) is 9.54. The Balaban J connectivity index is 1.99. The molecule has 0 radical (unpaired) electrons. The lowest BCUT2D eigenvalue weighted by atomic mass is 9.93. The quantitative estimate of drug-likeness (QED) is 0.740. The number of fused-ring (bicyclic) bond motifs is 1. The Morgan fingerprint density at radius 1 is 1.10 bits per heavy atom. The Morgan fingerprint density at radius 3 is 2.70 bits per heavy atom. The molecule has 20 heavy (non-hydrogen) atoms. The highest BCUT2D eigenvalue weighted by Gasteiger charge is 2.28. The topological polar surface area (TPSA) is 35.2 Å². The molecule has 2 unspecified atom stereocenters. The lowest BCUT2D eigenvalue weighted by molar-refractivity contribution is 0.160. The van der Waals surface area contributed by atoms with Gasteiger partial charge in [-0.2, -0.15) is 0 Å². The van der Waals surface area contributed by atoms with Gasteiger partial charge in [-0.15, -0.1) is 0 Å². The van der Waals surface area contributed by atoms with Crippen LogP contribution in [0.4, 0.5) is 4.39 Å². The van der Waals surface area contributed by atoms with Crippen LogP contribution in [0, 0.1) is 5.82 Å². The second-order valence-electron chi connectivity index (χ2n) is 4.80. The number of benzene rings is 2. The van der Waals surface area contributed by atoms with E-state index in [1.807, 2.05) is 18.2 Å². The summed E-state index contributed by atoms with van der Waals surface area (Å²) in [5, 5.41) is 0. The fraction of sp³-hybridized carbons (Fsp3) is 0.200. The van der Waals surface area contributed by atoms with Gasteiger partial charge in [0.05, 0.1) is 0 Å². The van der Waals surface area contributed by atoms with Crippen molar-refractivity contribution in [2.24, 2.45) is 5.73 Å². The monoisotopic (exact) mass is 399 g/mol. The van der Waals surface area contributed by atoms with Gasteiger partial charge in [0.1, 0.15) is 17.7 Å². The van der Waals surface area contributed by atoms with Crippen LogP contribution >= 0.6 is 31.9 Å². The predicted molar refractivity (Wildman–Crippen MR) is 83.2 cm³/mol. The molecule has 2 N–H and O–H groups in total. The molecule has 0 amide bonds. The molecule has 1 heterocycles. The maximum absolute atomic E-state index is 13.4. The second-order valence-corrected chi connectivity index (χ2v) is 6.57. The van der Waals surface area contributed by atoms with Gasteiger partial charge in [0.15, 0.2) is 0 Å². The summed E-state index contributed by atoms with van der Waals surface area (Å²) in [5.41, 5.74) is 7.98. The molecule has 0 fully saturated rings. The SMILES string of the molecule is NC1CC(c2cc(F)ccc2Br)Oc2ccc(Br)cc21. The highest BCUT2D eigenvalue weighted by molar-refractivity contribution is 9.10. The van der Waals surface area contributed by atoms with Gasteiger partial charge in [0, 0.05) is 32.5 Å². The molecule has 3 rings (SSSR count). The number of ether oxygens (including phenoxy) is 1. The zero-order chi connectivity index (χ0) is 14.3. The summed E-state index contributed by atoms with van der Waals surface area (Å²) in [6, 6.07) is 10.2. The largest absolute Gasteiger partial charge is 0.485 e. The molecule has 2 nitrogen and oxygen atoms in total. The molecular weight excluding hydrogens is 389 g/mol. The molecule has 0 spiro atoms. The Kier molecular flexibility index (Phi) is 3.84. The van der Waals surface area contributed by atoms with E-state index >= 15 is 0 Å². The van der Waals surface area contributed by atoms with E-state index in [1.54, 1.807) is 6.07 Å². The van der Waals surface area contributed by atoms with Gasteiger partial charge in [0.2, 0.25) is 0 Å². The van der Waals surface area contributed by atoms with Crippen molar-refractivity contribution in [2.45, 2.75) is 18.6 Å². The molecule has 1 aliphatic heterocycles. The fourth-order valence-corrected chi connectivity index (χ4v) is 3.31. The lowest BCUT2D eigenvalue weighted by Gasteiger charge is -2.31. The maximum Gasteiger partial charge on any atom is 0.127 e. The minimum absolute atomic E-state index is 0.128. The molecule has 0 saturated heterocycles. The fourth-order valence-electron chi connectivity index (χ4n) is 2.43. The number of rotatable bonds is 1. The predicted octanol–water partition coefficient (Wildman–Crippen LogP) is 4.87. The van der Waals surface area contributed by atoms with Gasteiger partial charge in [0.25, 0.3) is 0 Å². The Labute approximate surface area is 133 Å². The highest BCUT2D eigenvalue weighted by atomic mass is 79.9. The average molecular weight is 401 g/mol. The van der Waals surface area contributed by atoms with Crippen LogP contribution in [0.25, 0.3) is 0 Å². The third-order valence-corrected chi connectivity index (χ3v) is 4.63. The molecule has 0 bridgehead atoms. The van der Waals surface area contributed by atoms with Crippen molar-refractivity contribution in [3.63, 3.8) is 0 Å². The van der Waals surface area contributed by atoms with Crippen molar-refractivity contribution in [3.8, 4) is 5.75 Å². The Morgan fingerprint density at radius 2 is 1.90 bits per heavy atom. The van der Waals surface area contributed by atoms with Crippen molar-refractivity contribution in [1.82, 2.24) is 0 Å². The van der Waals surface area contributed by atoms with Crippen LogP contribution in [0.2, 0.25) is 0 Å². The van der Waals surface area contributed by atoms with E-state index in [4.69, 9.17) is 10.5 Å². The van der Waals surface area contributed by atoms with Crippen molar-refractivity contribution >= 4 is 31.9 Å². The summed E-state index contributed by atoms with van der Waals surface area (Å²) in [5.74, 6) is 0.482. The summed E-state index contributed by atoms with van der Waals surface area (Å²) in [6.07, 6.45) is 0.370. The summed E-state index contributed by atoms with van der Waals surface area (Å²) >= 11 is 6.87. The van der Waals surface area contributed by atoms with Crippen LogP contribution in [0.5, 0.6) is 5.75 Å². The first-order valence-corrected chi connectivity index (χ1v) is 7.80. The van der Waals surface area contributed by atoms with Gasteiger partial charge in [-0.25, -0.2) is 4.39 Å². The summed E-state index contributed by atoms with van der Waals surface area (Å²) in [6.45, 7) is 0. The summed E-state index contributed by atoms with van der Waals surface area (Å²) in [7, 11) is 0. The van der Waals surface area contributed by atoms with Crippen LogP contribution in [0.1, 0.15) is 29.7 Å². The summed E-state index contributed by atoms with van der Waals surface area (Å²) in [4.78, 5) is 0. The van der Waals surface area contributed by atoms with E-state index in [9.17, 15) is 4.39 Å². The summed E-state index contributed by atoms with van der Waals surface area (Å²) < 4.78 is 21.2. The van der Waals surface area contributed by atoms with Crippen LogP contribution < -0.4 is 10.5 Å². The van der Waals surface area contributed by atoms with Gasteiger partial charge in [-0.1, -0.05) is 31.9 Å². The smallest absolute Gasteiger partial charge is 0.127 e. The van der Waals surface area contributed by atoms with E-state index < -0.39 is 0 Å². The van der Waals surface area contributed by atoms with Crippen molar-refractivity contribution < 1.29 is 9.13 Å². The van der Waals surface area contributed by atoms with Gasteiger partial charge < -0.3 is 10.5 Å². The third kappa shape index (κ3) is 2.62. The standard InChI is InChI=1S/C15H12Br2FNO/c16-8-1-4-14-11(5-8)13(19)7-15(20-14)10-6-9(18)2-3-12(10)17/h1-6,13,15H,7,19H2. The molecule has 2 aromatic carbocycles. The molecule has 0 aliphatic carbocycles. The first-order valence-electron chi connectivity index (χ1n) is 6.21. The number of hydrogen-bond acceptors (Lipinski definition) is 2. The molecule has 104 valence electrons. The second kappa shape index (κ2) is 5.47. The van der Waals surface area contributed by atoms with Gasteiger partial charge in [-0.05, 0) is 36.4 Å². The van der Waals surface area contributed by atoms with Gasteiger partial charge >= 0.3 is 0 Å². The molecule has 0 saturated carbocycles. The third-order valence-electron chi connectivity index (χ3n) is 3.41. The minimum Gasteiger partial charge on any atom is -0.485 e. The average Bonchev–Trinajstić information content (AvgIpc) is 2.42. The van der Waals surface area contributed by atoms with Crippen LogP contribution in [-0.4, -0.2) is 0 Å². The Bertz CT molecular complexity index is 662. The molecule has 1 aliphatic rings. The molecule has 5 heteroatoms. The number of halogens is 3. The van der Waals surface area contributed by atoms with E-state index in [0.717, 1.165) is 25.8 Å². The minimum atomic E-state index is -0.276. The van der Waals surface area contributed by atoms with Crippen molar-refractivity contribution in [1.29, 1.82) is 0 Å². The maximum atomic E-state index is 13.4. The normalized spacial score (nSPS) is 21.2. The zero-order valence-corrected chi connectivity index (χ0v) is 13.6. The molecular formula is C15H12Br2FNO. The van der Waals surface area contributed by atoms with E-state index in [2.05, 4.69) is 31.9 Å². The van der Waals surface area contributed by atoms with Gasteiger partial charge in [-0.3, -0.25) is 0 Å². The Hall–Kier alpha value is -0.910. The number of nitrogens with two attached hydrogens (primary N) is 1. The molecule has 2 atom stereocenters. The lowest BCUT2D eigenvalue weighted by Crippen LogP contribution is -2.24. The van der Waals surface area contributed by atoms with Crippen molar-refractivity contribution in [3.05, 3.63) is 62.3 Å². The molecule has 2 aromatic rings. The van der Waals surface area contributed by atoms with E-state index in [0.29, 0.717) is 6.42 Å². The highest BCUT2D eigenvalue weighted by Crippen LogP contribution is 2.42. The number of hydrogen-bond donors (Lipinski definition) is 1. The zero-order valence-electron chi connectivity index (χ0n) is 10.4.